The predicted molar refractivity (Wildman–Crippen MR) is 120 cm³/mol. The number of carbonyl (C=O) groups is 2. The monoisotopic (exact) mass is 463 g/mol. The molecule has 33 heavy (non-hydrogen) atoms. The Bertz CT molecular complexity index is 1030. The minimum Gasteiger partial charge on any atom is -0.393 e. The average molecular weight is 464 g/mol. The maximum atomic E-state index is 13.6. The van der Waals surface area contributed by atoms with Crippen LogP contribution in [0.25, 0.3) is 0 Å². The molecule has 3 rings (SSSR count). The predicted octanol–water partition coefficient (Wildman–Crippen LogP) is 3.23. The van der Waals surface area contributed by atoms with Gasteiger partial charge in [0.2, 0.25) is 0 Å². The van der Waals surface area contributed by atoms with Crippen LogP contribution in [-0.4, -0.2) is 45.4 Å². The Morgan fingerprint density at radius 2 is 1.85 bits per heavy atom. The number of aliphatic hydroxyl groups is 2. The smallest absolute Gasteiger partial charge is 0.257 e. The molecular weight excluding hydrogens is 432 g/mol. The number of anilines is 1. The molecule has 1 atom stereocenters. The molecule has 0 saturated heterocycles. The average Bonchev–Trinajstić information content (AvgIpc) is 3.01. The van der Waals surface area contributed by atoms with Crippen LogP contribution in [0.2, 0.25) is 0 Å². The minimum absolute atomic E-state index is 0.120. The van der Waals surface area contributed by atoms with Crippen molar-refractivity contribution in [3.8, 4) is 0 Å². The molecule has 180 valence electrons. The van der Waals surface area contributed by atoms with Gasteiger partial charge in [-0.25, -0.2) is 8.78 Å². The van der Waals surface area contributed by atoms with Crippen molar-refractivity contribution in [2.75, 3.05) is 12.0 Å². The van der Waals surface area contributed by atoms with E-state index in [-0.39, 0.29) is 29.9 Å². The molecule has 2 aromatic rings. The van der Waals surface area contributed by atoms with E-state index in [1.165, 1.54) is 22.8 Å². The van der Waals surface area contributed by atoms with Crippen LogP contribution in [0, 0.1) is 26.6 Å². The molecule has 4 N–H and O–H groups in total. The Morgan fingerprint density at radius 1 is 1.18 bits per heavy atom. The van der Waals surface area contributed by atoms with Crippen LogP contribution in [0.3, 0.4) is 0 Å². The quantitative estimate of drug-likeness (QED) is 0.506. The maximum Gasteiger partial charge on any atom is 0.257 e. The molecule has 1 saturated carbocycles. The first-order valence-electron chi connectivity index (χ1n) is 11.1. The largest absolute Gasteiger partial charge is 0.393 e. The molecule has 1 fully saturated rings. The van der Waals surface area contributed by atoms with Crippen molar-refractivity contribution in [3.05, 3.63) is 52.1 Å². The number of carbonyl (C=O) groups excluding carboxylic acids is 2. The highest BCUT2D eigenvalue weighted by atomic mass is 19.1. The maximum absolute atomic E-state index is 13.6. The van der Waals surface area contributed by atoms with Crippen molar-refractivity contribution >= 4 is 17.5 Å². The van der Waals surface area contributed by atoms with E-state index >= 15 is 0 Å². The summed E-state index contributed by atoms with van der Waals surface area (Å²) < 4.78 is 28.3. The van der Waals surface area contributed by atoms with Crippen molar-refractivity contribution in [1.29, 1.82) is 0 Å². The third-order valence-electron chi connectivity index (χ3n) is 6.32. The number of benzene rings is 1. The SMILES string of the molecule is Cc1cc(NC(=O)c2c(C)c(C(O)C(=O)NC3CCC(O)CC3)n(CCF)c2C)ccc1F. The highest BCUT2D eigenvalue weighted by Gasteiger charge is 2.31. The second-order valence-electron chi connectivity index (χ2n) is 8.65. The third-order valence-corrected chi connectivity index (χ3v) is 6.32. The second kappa shape index (κ2) is 10.4. The van der Waals surface area contributed by atoms with Gasteiger partial charge in [0.1, 0.15) is 12.5 Å². The van der Waals surface area contributed by atoms with Crippen LogP contribution < -0.4 is 10.6 Å². The number of amides is 2. The fourth-order valence-corrected chi connectivity index (χ4v) is 4.52. The van der Waals surface area contributed by atoms with Gasteiger partial charge in [-0.1, -0.05) is 0 Å². The zero-order valence-electron chi connectivity index (χ0n) is 19.1. The molecule has 9 heteroatoms. The van der Waals surface area contributed by atoms with Crippen LogP contribution in [-0.2, 0) is 11.3 Å². The fourth-order valence-electron chi connectivity index (χ4n) is 4.52. The van der Waals surface area contributed by atoms with Gasteiger partial charge in [0.15, 0.2) is 6.10 Å². The van der Waals surface area contributed by atoms with Crippen LogP contribution in [0.4, 0.5) is 14.5 Å². The molecule has 7 nitrogen and oxygen atoms in total. The van der Waals surface area contributed by atoms with E-state index in [9.17, 15) is 28.6 Å². The molecule has 0 bridgehead atoms. The fraction of sp³-hybridized carbons (Fsp3) is 0.500. The van der Waals surface area contributed by atoms with Gasteiger partial charge in [0.05, 0.1) is 23.9 Å². The molecular formula is C24H31F2N3O4. The van der Waals surface area contributed by atoms with E-state index in [2.05, 4.69) is 10.6 Å². The summed E-state index contributed by atoms with van der Waals surface area (Å²) in [6.07, 6.45) is 0.397. The molecule has 1 heterocycles. The van der Waals surface area contributed by atoms with Gasteiger partial charge in [0, 0.05) is 17.4 Å². The highest BCUT2D eigenvalue weighted by Crippen LogP contribution is 2.29. The number of aromatic nitrogens is 1. The van der Waals surface area contributed by atoms with Crippen molar-refractivity contribution in [3.63, 3.8) is 0 Å². The van der Waals surface area contributed by atoms with Crippen LogP contribution in [0.1, 0.15) is 64.7 Å². The summed E-state index contributed by atoms with van der Waals surface area (Å²) in [6.45, 7) is 3.96. The van der Waals surface area contributed by atoms with E-state index in [0.717, 1.165) is 0 Å². The molecule has 1 aliphatic carbocycles. The molecule has 1 aromatic carbocycles. The Kier molecular flexibility index (Phi) is 7.86. The Labute approximate surface area is 191 Å². The lowest BCUT2D eigenvalue weighted by Gasteiger charge is -2.27. The number of aryl methyl sites for hydroxylation is 1. The van der Waals surface area contributed by atoms with Gasteiger partial charge in [-0.05, 0) is 75.8 Å². The zero-order valence-corrected chi connectivity index (χ0v) is 19.1. The number of rotatable bonds is 7. The van der Waals surface area contributed by atoms with Gasteiger partial charge in [-0.2, -0.15) is 0 Å². The van der Waals surface area contributed by atoms with Crippen molar-refractivity contribution < 1.29 is 28.6 Å². The third kappa shape index (κ3) is 5.42. The van der Waals surface area contributed by atoms with Gasteiger partial charge < -0.3 is 25.4 Å². The molecule has 0 aliphatic heterocycles. The molecule has 1 unspecified atom stereocenters. The summed E-state index contributed by atoms with van der Waals surface area (Å²) in [5, 5.41) is 26.0. The van der Waals surface area contributed by atoms with Gasteiger partial charge >= 0.3 is 0 Å². The van der Waals surface area contributed by atoms with Crippen LogP contribution in [0.15, 0.2) is 18.2 Å². The summed E-state index contributed by atoms with van der Waals surface area (Å²) in [5.41, 5.74) is 1.96. The number of alkyl halides is 1. The lowest BCUT2D eigenvalue weighted by atomic mass is 9.93. The second-order valence-corrected chi connectivity index (χ2v) is 8.65. The molecule has 0 spiro atoms. The van der Waals surface area contributed by atoms with Crippen LogP contribution in [0.5, 0.6) is 0 Å². The van der Waals surface area contributed by atoms with Crippen molar-refractivity contribution in [2.45, 2.75) is 71.2 Å². The lowest BCUT2D eigenvalue weighted by Crippen LogP contribution is -2.41. The standard InChI is InChI=1S/C24H31F2N3O4/c1-13-12-17(6-9-19(13)26)28-23(32)20-14(2)21(29(11-10-25)15(20)3)22(31)24(33)27-16-4-7-18(30)8-5-16/h6,9,12,16,18,22,30-31H,4-5,7-8,10-11H2,1-3H3,(H,27,33)(H,28,32). The van der Waals surface area contributed by atoms with E-state index in [1.807, 2.05) is 0 Å². The Hall–Kier alpha value is -2.78. The molecule has 2 amide bonds. The van der Waals surface area contributed by atoms with E-state index in [1.54, 1.807) is 20.8 Å². The molecule has 1 aliphatic rings. The summed E-state index contributed by atoms with van der Waals surface area (Å²) in [4.78, 5) is 25.8. The van der Waals surface area contributed by atoms with E-state index in [4.69, 9.17) is 0 Å². The Balaban J connectivity index is 1.87. The summed E-state index contributed by atoms with van der Waals surface area (Å²) in [7, 11) is 0. The van der Waals surface area contributed by atoms with Gasteiger partial charge in [0.25, 0.3) is 11.8 Å². The van der Waals surface area contributed by atoms with Gasteiger partial charge in [-0.3, -0.25) is 9.59 Å². The first-order chi connectivity index (χ1) is 15.6. The highest BCUT2D eigenvalue weighted by molar-refractivity contribution is 6.06. The van der Waals surface area contributed by atoms with E-state index in [0.29, 0.717) is 48.2 Å². The number of halogens is 2. The number of hydrogen-bond acceptors (Lipinski definition) is 4. The van der Waals surface area contributed by atoms with E-state index < -0.39 is 30.4 Å². The van der Waals surface area contributed by atoms with Gasteiger partial charge in [-0.15, -0.1) is 0 Å². The summed E-state index contributed by atoms with van der Waals surface area (Å²) >= 11 is 0. The first-order valence-corrected chi connectivity index (χ1v) is 11.1. The molecule has 0 radical (unpaired) electrons. The molecule has 1 aromatic heterocycles. The topological polar surface area (TPSA) is 104 Å². The zero-order chi connectivity index (χ0) is 24.3. The summed E-state index contributed by atoms with van der Waals surface area (Å²) in [5.74, 6) is -1.51. The Morgan fingerprint density at radius 3 is 2.45 bits per heavy atom. The normalized spacial score (nSPS) is 19.2. The van der Waals surface area contributed by atoms with Crippen molar-refractivity contribution in [2.24, 2.45) is 0 Å². The lowest BCUT2D eigenvalue weighted by molar-refractivity contribution is -0.131. The van der Waals surface area contributed by atoms with Crippen LogP contribution >= 0.6 is 0 Å². The first kappa shape index (κ1) is 24.9. The minimum atomic E-state index is -1.59. The number of nitrogens with zero attached hydrogens (tertiary/aromatic N) is 1. The number of nitrogens with one attached hydrogen (secondary N) is 2. The summed E-state index contributed by atoms with van der Waals surface area (Å²) in [6, 6.07) is 4.03. The van der Waals surface area contributed by atoms with Crippen molar-refractivity contribution in [1.82, 2.24) is 9.88 Å². The number of hydrogen-bond donors (Lipinski definition) is 4. The number of aliphatic hydroxyl groups excluding tert-OH is 2.